The van der Waals surface area contributed by atoms with Crippen LogP contribution >= 0.6 is 0 Å². The van der Waals surface area contributed by atoms with Crippen LogP contribution in [0, 0.1) is 11.7 Å². The monoisotopic (exact) mass is 531 g/mol. The van der Waals surface area contributed by atoms with Crippen molar-refractivity contribution in [1.29, 1.82) is 0 Å². The number of hydrogen-bond donors (Lipinski definition) is 3. The highest BCUT2D eigenvalue weighted by Gasteiger charge is 2.34. The Hall–Kier alpha value is -4.34. The Balaban J connectivity index is 1.51. The summed E-state index contributed by atoms with van der Waals surface area (Å²) in [7, 11) is 1.40. The van der Waals surface area contributed by atoms with Crippen molar-refractivity contribution >= 4 is 23.2 Å². The third-order valence-corrected chi connectivity index (χ3v) is 7.64. The lowest BCUT2D eigenvalue weighted by Crippen LogP contribution is -2.40. The number of benzene rings is 1. The van der Waals surface area contributed by atoms with Crippen molar-refractivity contribution < 1.29 is 23.5 Å². The quantitative estimate of drug-likeness (QED) is 0.463. The second-order valence-corrected chi connectivity index (χ2v) is 10.1. The Kier molecular flexibility index (Phi) is 6.68. The van der Waals surface area contributed by atoms with Gasteiger partial charge in [0.25, 0.3) is 5.91 Å². The van der Waals surface area contributed by atoms with E-state index in [-0.39, 0.29) is 29.4 Å². The molecule has 0 radical (unpaired) electrons. The van der Waals surface area contributed by atoms with Gasteiger partial charge in [-0.3, -0.25) is 14.6 Å². The van der Waals surface area contributed by atoms with Crippen molar-refractivity contribution in [2.75, 3.05) is 38.7 Å². The number of para-hydroxylation sites is 1. The number of piperidine rings is 1. The average molecular weight is 532 g/mol. The molecule has 6 rings (SSSR count). The number of aromatic amines is 1. The lowest BCUT2D eigenvalue weighted by atomic mass is 9.93. The van der Waals surface area contributed by atoms with Gasteiger partial charge < -0.3 is 30.0 Å². The standard InChI is InChI=1S/C29H30FN5O4/c1-38-28-20(30)7-3-8-21(28)33-27-24-25-18(13-32-29(24)37)6-2-9-23(36)35-12-4-5-17(15-35)16-39-22-14-31-11-10-19(22)26(27)34-25/h2-3,7-11,14,17-18,33-34H,4-6,12-13,15-16H2,1H3,(H,32,37)/b9-2+. The smallest absolute Gasteiger partial charge is 0.255 e. The number of H-pyrrole nitrogens is 1. The van der Waals surface area contributed by atoms with Crippen LogP contribution in [0.3, 0.4) is 0 Å². The Labute approximate surface area is 225 Å². The molecule has 1 saturated heterocycles. The minimum atomic E-state index is -0.519. The van der Waals surface area contributed by atoms with E-state index in [1.165, 1.54) is 13.2 Å². The molecule has 4 bridgehead atoms. The fourth-order valence-corrected chi connectivity index (χ4v) is 5.69. The number of rotatable bonds is 3. The van der Waals surface area contributed by atoms with E-state index >= 15 is 0 Å². The molecule has 3 aromatic rings. The molecule has 3 aliphatic rings. The van der Waals surface area contributed by atoms with Gasteiger partial charge in [0.1, 0.15) is 5.75 Å². The number of aromatic nitrogens is 2. The molecule has 39 heavy (non-hydrogen) atoms. The molecule has 202 valence electrons. The summed E-state index contributed by atoms with van der Waals surface area (Å²) in [4.78, 5) is 35.9. The minimum absolute atomic E-state index is 0.00978. The summed E-state index contributed by atoms with van der Waals surface area (Å²) in [5.41, 5.74) is 3.39. The van der Waals surface area contributed by atoms with Crippen molar-refractivity contribution in [2.24, 2.45) is 5.92 Å². The van der Waals surface area contributed by atoms with E-state index in [1.54, 1.807) is 30.6 Å². The molecule has 5 heterocycles. The predicted octanol–water partition coefficient (Wildman–Crippen LogP) is 4.37. The Morgan fingerprint density at radius 2 is 2.15 bits per heavy atom. The predicted molar refractivity (Wildman–Crippen MR) is 144 cm³/mol. The zero-order chi connectivity index (χ0) is 26.9. The second kappa shape index (κ2) is 10.4. The number of allylic oxidation sites excluding steroid dienone is 1. The third kappa shape index (κ3) is 4.71. The van der Waals surface area contributed by atoms with Crippen LogP contribution in [0.25, 0.3) is 11.3 Å². The topological polar surface area (TPSA) is 109 Å². The summed E-state index contributed by atoms with van der Waals surface area (Å²) in [5, 5.41) is 6.26. The highest BCUT2D eigenvalue weighted by Crippen LogP contribution is 2.44. The molecule has 1 fully saturated rings. The molecule has 2 aromatic heterocycles. The van der Waals surface area contributed by atoms with Gasteiger partial charge >= 0.3 is 0 Å². The van der Waals surface area contributed by atoms with E-state index in [4.69, 9.17) is 9.47 Å². The Morgan fingerprint density at radius 3 is 3.03 bits per heavy atom. The zero-order valence-electron chi connectivity index (χ0n) is 21.6. The number of carbonyl (C=O) groups excluding carboxylic acids is 2. The number of ether oxygens (including phenoxy) is 2. The van der Waals surface area contributed by atoms with Crippen LogP contribution in [0.15, 0.2) is 48.8 Å². The molecule has 9 nitrogen and oxygen atoms in total. The first-order chi connectivity index (χ1) is 19.0. The van der Waals surface area contributed by atoms with E-state index in [1.807, 2.05) is 17.0 Å². The van der Waals surface area contributed by atoms with Crippen LogP contribution < -0.4 is 20.1 Å². The van der Waals surface area contributed by atoms with Gasteiger partial charge in [0, 0.05) is 48.9 Å². The third-order valence-electron chi connectivity index (χ3n) is 7.64. The van der Waals surface area contributed by atoms with Crippen LogP contribution in [0.1, 0.15) is 41.2 Å². The van der Waals surface area contributed by atoms with Gasteiger partial charge in [-0.25, -0.2) is 4.39 Å². The number of hydrogen-bond acceptors (Lipinski definition) is 6. The summed E-state index contributed by atoms with van der Waals surface area (Å²) in [6.07, 6.45) is 9.30. The van der Waals surface area contributed by atoms with Gasteiger partial charge in [0.05, 0.1) is 42.5 Å². The number of fused-ring (bicyclic) bond motifs is 5. The molecule has 10 heteroatoms. The molecular weight excluding hydrogens is 501 g/mol. The molecule has 0 saturated carbocycles. The number of halogens is 1. The fourth-order valence-electron chi connectivity index (χ4n) is 5.69. The van der Waals surface area contributed by atoms with E-state index < -0.39 is 5.82 Å². The number of anilines is 2. The zero-order valence-corrected chi connectivity index (χ0v) is 21.6. The Bertz CT molecular complexity index is 1450. The minimum Gasteiger partial charge on any atom is -0.492 e. The highest BCUT2D eigenvalue weighted by atomic mass is 19.1. The number of pyridine rings is 1. The summed E-state index contributed by atoms with van der Waals surface area (Å²) in [5.74, 6) is -0.0908. The molecule has 1 aromatic carbocycles. The number of nitrogens with zero attached hydrogens (tertiary/aromatic N) is 2. The summed E-state index contributed by atoms with van der Waals surface area (Å²) < 4.78 is 26.2. The highest BCUT2D eigenvalue weighted by molar-refractivity contribution is 6.07. The fraction of sp³-hybridized carbons (Fsp3) is 0.345. The first kappa shape index (κ1) is 25.0. The molecule has 2 atom stereocenters. The lowest BCUT2D eigenvalue weighted by molar-refractivity contribution is -0.128. The van der Waals surface area contributed by atoms with Gasteiger partial charge in [0.2, 0.25) is 5.91 Å². The van der Waals surface area contributed by atoms with Crippen molar-refractivity contribution in [2.45, 2.75) is 25.2 Å². The molecule has 0 spiro atoms. The molecule has 2 unspecified atom stereocenters. The number of amides is 2. The average Bonchev–Trinajstić information content (AvgIpc) is 3.33. The van der Waals surface area contributed by atoms with Gasteiger partial charge in [-0.05, 0) is 43.5 Å². The molecule has 0 aliphatic carbocycles. The first-order valence-corrected chi connectivity index (χ1v) is 13.2. The van der Waals surface area contributed by atoms with Crippen LogP contribution in [0.5, 0.6) is 11.5 Å². The van der Waals surface area contributed by atoms with E-state index in [9.17, 15) is 14.0 Å². The SMILES string of the molecule is COc1c(F)cccc1Nc1c2[nH]c3c1C(=O)NCC3C/C=C/C(=O)N1CCCC(COc3cnccc3-2)C1. The van der Waals surface area contributed by atoms with Crippen molar-refractivity contribution in [3.8, 4) is 22.8 Å². The maximum Gasteiger partial charge on any atom is 0.255 e. The lowest BCUT2D eigenvalue weighted by Gasteiger charge is -2.32. The molecule has 3 aliphatic heterocycles. The van der Waals surface area contributed by atoms with E-state index in [0.717, 1.165) is 30.6 Å². The summed E-state index contributed by atoms with van der Waals surface area (Å²) >= 11 is 0. The maximum absolute atomic E-state index is 14.6. The maximum atomic E-state index is 14.6. The summed E-state index contributed by atoms with van der Waals surface area (Å²) in [6.45, 7) is 2.22. The van der Waals surface area contributed by atoms with Crippen LogP contribution in [0.2, 0.25) is 0 Å². The van der Waals surface area contributed by atoms with Gasteiger partial charge in [-0.2, -0.15) is 0 Å². The van der Waals surface area contributed by atoms with Crippen LogP contribution in [-0.4, -0.2) is 60.0 Å². The summed E-state index contributed by atoms with van der Waals surface area (Å²) in [6, 6.07) is 6.43. The Morgan fingerprint density at radius 1 is 1.26 bits per heavy atom. The number of nitrogens with one attached hydrogen (secondary N) is 3. The van der Waals surface area contributed by atoms with Crippen molar-refractivity contribution in [3.63, 3.8) is 0 Å². The number of methoxy groups -OCH3 is 1. The van der Waals surface area contributed by atoms with Crippen LogP contribution in [-0.2, 0) is 4.79 Å². The molecular formula is C29H30FN5O4. The van der Waals surface area contributed by atoms with Crippen molar-refractivity contribution in [1.82, 2.24) is 20.2 Å². The normalized spacial score (nSPS) is 21.5. The van der Waals surface area contributed by atoms with Gasteiger partial charge in [0.15, 0.2) is 11.6 Å². The van der Waals surface area contributed by atoms with Gasteiger partial charge in [-0.15, -0.1) is 0 Å². The van der Waals surface area contributed by atoms with E-state index in [2.05, 4.69) is 20.6 Å². The van der Waals surface area contributed by atoms with Crippen LogP contribution in [0.4, 0.5) is 15.8 Å². The van der Waals surface area contributed by atoms with Gasteiger partial charge in [-0.1, -0.05) is 12.1 Å². The molecule has 3 N–H and O–H groups in total. The second-order valence-electron chi connectivity index (χ2n) is 10.1. The largest absolute Gasteiger partial charge is 0.492 e. The number of carbonyl (C=O) groups is 2. The first-order valence-electron chi connectivity index (χ1n) is 13.2. The van der Waals surface area contributed by atoms with E-state index in [0.29, 0.717) is 54.5 Å². The molecule has 2 amide bonds. The van der Waals surface area contributed by atoms with Crippen molar-refractivity contribution in [3.05, 3.63) is 65.9 Å².